The minimum absolute atomic E-state index is 0.0814. The second-order valence-corrected chi connectivity index (χ2v) is 10.0. The Labute approximate surface area is 197 Å². The van der Waals surface area contributed by atoms with E-state index >= 15 is 0 Å². The van der Waals surface area contributed by atoms with Crippen molar-refractivity contribution in [3.8, 4) is 11.7 Å². The molecule has 0 bridgehead atoms. The third-order valence-electron chi connectivity index (χ3n) is 5.00. The number of carbonyl (C=O) groups is 1. The van der Waals surface area contributed by atoms with Gasteiger partial charge in [0.1, 0.15) is 10.0 Å². The van der Waals surface area contributed by atoms with Crippen molar-refractivity contribution in [2.24, 2.45) is 5.92 Å². The van der Waals surface area contributed by atoms with E-state index in [4.69, 9.17) is 16.3 Å². The molecule has 13 heteroatoms. The molecule has 0 radical (unpaired) electrons. The summed E-state index contributed by atoms with van der Waals surface area (Å²) in [6, 6.07) is 4.63. The molecule has 0 aliphatic heterocycles. The Bertz CT molecular complexity index is 1240. The molecule has 1 saturated carbocycles. The van der Waals surface area contributed by atoms with E-state index < -0.39 is 15.9 Å². The maximum atomic E-state index is 12.5. The van der Waals surface area contributed by atoms with Crippen LogP contribution in [0.1, 0.15) is 35.3 Å². The highest BCUT2D eigenvalue weighted by molar-refractivity contribution is 14.1. The molecule has 0 spiro atoms. The van der Waals surface area contributed by atoms with Crippen LogP contribution in [0.5, 0.6) is 5.88 Å². The lowest BCUT2D eigenvalue weighted by atomic mass is 9.86. The van der Waals surface area contributed by atoms with Gasteiger partial charge in [0.15, 0.2) is 5.82 Å². The fourth-order valence-electron chi connectivity index (χ4n) is 2.97. The van der Waals surface area contributed by atoms with Crippen molar-refractivity contribution in [1.82, 2.24) is 27.5 Å². The number of hydrogen-bond acceptors (Lipinski definition) is 7. The van der Waals surface area contributed by atoms with Crippen molar-refractivity contribution < 1.29 is 17.9 Å². The van der Waals surface area contributed by atoms with Gasteiger partial charge in [0.2, 0.25) is 5.88 Å². The highest BCUT2D eigenvalue weighted by Crippen LogP contribution is 2.27. The number of halogens is 2. The lowest BCUT2D eigenvalue weighted by Gasteiger charge is -2.24. The van der Waals surface area contributed by atoms with E-state index in [2.05, 4.69) is 15.2 Å². The van der Waals surface area contributed by atoms with Gasteiger partial charge in [-0.3, -0.25) is 4.79 Å². The van der Waals surface area contributed by atoms with Crippen molar-refractivity contribution >= 4 is 50.4 Å². The largest absolute Gasteiger partial charge is 0.476 e. The van der Waals surface area contributed by atoms with Crippen molar-refractivity contribution in [3.63, 3.8) is 0 Å². The predicted molar refractivity (Wildman–Crippen MR) is 120 cm³/mol. The van der Waals surface area contributed by atoms with Gasteiger partial charge in [-0.15, -0.1) is 5.10 Å². The van der Waals surface area contributed by atoms with E-state index in [-0.39, 0.29) is 15.6 Å². The minimum Gasteiger partial charge on any atom is -0.476 e. The molecule has 3 aromatic heterocycles. The molecule has 0 saturated heterocycles. The van der Waals surface area contributed by atoms with Gasteiger partial charge in [0, 0.05) is 12.3 Å². The zero-order valence-electron chi connectivity index (χ0n) is 16.3. The van der Waals surface area contributed by atoms with Crippen LogP contribution in [-0.4, -0.2) is 43.7 Å². The molecule has 10 nitrogen and oxygen atoms in total. The summed E-state index contributed by atoms with van der Waals surface area (Å²) in [4.78, 5) is 16.6. The van der Waals surface area contributed by atoms with Crippen LogP contribution in [0.25, 0.3) is 5.82 Å². The molecule has 0 unspecified atom stereocenters. The standard InChI is InChI=1S/C18H18ClIN6O4S/c1-11-14(9-21-26(11)20)31(28,29)24-18(27)13-5-6-15(22-17(13)19)25-8-7-16(23-25)30-10-12-3-2-4-12/h5-9,12H,2-4,10H2,1H3,(H,24,27). The number of amides is 1. The summed E-state index contributed by atoms with van der Waals surface area (Å²) < 4.78 is 35.5. The molecular weight excluding hydrogens is 559 g/mol. The monoisotopic (exact) mass is 576 g/mol. The van der Waals surface area contributed by atoms with E-state index in [1.807, 2.05) is 27.6 Å². The first kappa shape index (κ1) is 22.0. The molecular formula is C18H18ClIN6O4S. The predicted octanol–water partition coefficient (Wildman–Crippen LogP) is 2.92. The van der Waals surface area contributed by atoms with E-state index in [0.29, 0.717) is 29.9 Å². The fourth-order valence-corrected chi connectivity index (χ4v) is 4.87. The summed E-state index contributed by atoms with van der Waals surface area (Å²) in [5, 5.41) is 8.02. The number of hydrogen-bond donors (Lipinski definition) is 1. The van der Waals surface area contributed by atoms with Gasteiger partial charge in [0.05, 0.1) is 46.9 Å². The number of rotatable bonds is 7. The highest BCUT2D eigenvalue weighted by Gasteiger charge is 2.25. The first-order chi connectivity index (χ1) is 14.7. The molecule has 0 aromatic carbocycles. The SMILES string of the molecule is Cc1c(S(=O)(=O)NC(=O)c2ccc(-n3ccc(OCC4CCC4)n3)nc2Cl)cnn1I. The highest BCUT2D eigenvalue weighted by atomic mass is 127. The van der Waals surface area contributed by atoms with Crippen molar-refractivity contribution in [2.45, 2.75) is 31.1 Å². The Hall–Kier alpha value is -2.19. The van der Waals surface area contributed by atoms with Gasteiger partial charge in [-0.1, -0.05) is 18.0 Å². The number of nitrogens with one attached hydrogen (secondary N) is 1. The van der Waals surface area contributed by atoms with Crippen LogP contribution < -0.4 is 9.46 Å². The van der Waals surface area contributed by atoms with E-state index in [1.54, 1.807) is 19.2 Å². The molecule has 1 amide bonds. The second kappa shape index (κ2) is 8.74. The summed E-state index contributed by atoms with van der Waals surface area (Å²) in [5.41, 5.74) is 0.302. The number of nitrogens with zero attached hydrogens (tertiary/aromatic N) is 5. The normalized spacial score (nSPS) is 14.3. The molecule has 1 aliphatic carbocycles. The van der Waals surface area contributed by atoms with Crippen molar-refractivity contribution in [3.05, 3.63) is 47.0 Å². The van der Waals surface area contributed by atoms with Gasteiger partial charge < -0.3 is 4.74 Å². The lowest BCUT2D eigenvalue weighted by Crippen LogP contribution is -2.31. The molecule has 1 N–H and O–H groups in total. The number of pyridine rings is 1. The zero-order chi connectivity index (χ0) is 22.2. The molecule has 1 fully saturated rings. The topological polar surface area (TPSA) is 121 Å². The summed E-state index contributed by atoms with van der Waals surface area (Å²) in [7, 11) is -4.11. The van der Waals surface area contributed by atoms with Crippen LogP contribution in [-0.2, 0) is 10.0 Å². The average Bonchev–Trinajstić information content (AvgIpc) is 3.27. The lowest BCUT2D eigenvalue weighted by molar-refractivity contribution is 0.0981. The van der Waals surface area contributed by atoms with Crippen LogP contribution >= 0.6 is 34.5 Å². The van der Waals surface area contributed by atoms with E-state index in [0.717, 1.165) is 0 Å². The Morgan fingerprint density at radius 2 is 2.13 bits per heavy atom. The van der Waals surface area contributed by atoms with Crippen molar-refractivity contribution in [1.29, 1.82) is 0 Å². The quantitative estimate of drug-likeness (QED) is 0.339. The van der Waals surface area contributed by atoms with Crippen LogP contribution in [0.2, 0.25) is 5.15 Å². The van der Waals surface area contributed by atoms with E-state index in [1.165, 1.54) is 45.2 Å². The molecule has 164 valence electrons. The fraction of sp³-hybridized carbons (Fsp3) is 0.333. The number of aromatic nitrogens is 5. The molecule has 4 rings (SSSR count). The minimum atomic E-state index is -4.11. The summed E-state index contributed by atoms with van der Waals surface area (Å²) in [6.45, 7) is 2.21. The molecule has 0 atom stereocenters. The van der Waals surface area contributed by atoms with Crippen LogP contribution in [0, 0.1) is 12.8 Å². The van der Waals surface area contributed by atoms with Crippen LogP contribution in [0.4, 0.5) is 0 Å². The van der Waals surface area contributed by atoms with Gasteiger partial charge in [-0.25, -0.2) is 25.7 Å². The first-order valence-corrected chi connectivity index (χ1v) is 12.2. The summed E-state index contributed by atoms with van der Waals surface area (Å²) in [5.74, 6) is 0.533. The van der Waals surface area contributed by atoms with Gasteiger partial charge in [0.25, 0.3) is 15.9 Å². The number of carbonyl (C=O) groups excluding carboxylic acids is 1. The first-order valence-electron chi connectivity index (χ1n) is 9.38. The molecule has 31 heavy (non-hydrogen) atoms. The summed E-state index contributed by atoms with van der Waals surface area (Å²) in [6.07, 6.45) is 6.44. The van der Waals surface area contributed by atoms with Gasteiger partial charge in [-0.2, -0.15) is 5.10 Å². The average molecular weight is 577 g/mol. The van der Waals surface area contributed by atoms with Gasteiger partial charge >= 0.3 is 0 Å². The molecule has 3 aromatic rings. The third kappa shape index (κ3) is 4.70. The van der Waals surface area contributed by atoms with Crippen molar-refractivity contribution in [2.75, 3.05) is 6.61 Å². The molecule has 3 heterocycles. The zero-order valence-corrected chi connectivity index (χ0v) is 20.1. The molecule has 1 aliphatic rings. The Morgan fingerprint density at radius 3 is 2.74 bits per heavy atom. The van der Waals surface area contributed by atoms with E-state index in [9.17, 15) is 13.2 Å². The third-order valence-corrected chi connectivity index (χ3v) is 7.69. The number of ether oxygens (including phenoxy) is 1. The Morgan fingerprint density at radius 1 is 1.35 bits per heavy atom. The second-order valence-electron chi connectivity index (χ2n) is 7.10. The van der Waals surface area contributed by atoms with Crippen LogP contribution in [0.15, 0.2) is 35.5 Å². The van der Waals surface area contributed by atoms with Gasteiger partial charge in [-0.05, 0) is 37.8 Å². The number of sulfonamides is 1. The smallest absolute Gasteiger partial charge is 0.268 e. The Balaban J connectivity index is 1.47. The van der Waals surface area contributed by atoms with Crippen LogP contribution in [0.3, 0.4) is 0 Å². The maximum absolute atomic E-state index is 12.5. The Kier molecular flexibility index (Phi) is 6.21. The maximum Gasteiger partial charge on any atom is 0.268 e. The summed E-state index contributed by atoms with van der Waals surface area (Å²) >= 11 is 8.00.